The van der Waals surface area contributed by atoms with E-state index in [-0.39, 0.29) is 17.9 Å². The van der Waals surface area contributed by atoms with Gasteiger partial charge < -0.3 is 20.0 Å². The van der Waals surface area contributed by atoms with Gasteiger partial charge in [0.25, 0.3) is 0 Å². The Labute approximate surface area is 152 Å². The third-order valence-electron chi connectivity index (χ3n) is 5.23. The lowest BCUT2D eigenvalue weighted by molar-refractivity contribution is -0.140. The fourth-order valence-electron chi connectivity index (χ4n) is 3.84. The van der Waals surface area contributed by atoms with Crippen molar-refractivity contribution >= 4 is 11.8 Å². The number of likely N-dealkylation sites (tertiary alicyclic amines) is 1. The van der Waals surface area contributed by atoms with Crippen LogP contribution in [0.2, 0.25) is 0 Å². The summed E-state index contributed by atoms with van der Waals surface area (Å²) in [7, 11) is 0. The number of carbonyl (C=O) groups excluding carboxylic acids is 2. The van der Waals surface area contributed by atoms with Crippen LogP contribution in [0.5, 0.6) is 0 Å². The minimum absolute atomic E-state index is 0.0233. The number of nitrogens with one attached hydrogen (secondary N) is 2. The number of carbonyl (C=O) groups is 2. The molecule has 1 aromatic carbocycles. The van der Waals surface area contributed by atoms with Crippen molar-refractivity contribution in [2.75, 3.05) is 6.54 Å². The minimum Gasteiger partial charge on any atom is -0.467 e. The van der Waals surface area contributed by atoms with Crippen LogP contribution < -0.4 is 10.6 Å². The zero-order chi connectivity index (χ0) is 17.9. The van der Waals surface area contributed by atoms with Gasteiger partial charge in [-0.25, -0.2) is 0 Å². The van der Waals surface area contributed by atoms with Gasteiger partial charge in [-0.15, -0.1) is 0 Å². The van der Waals surface area contributed by atoms with Gasteiger partial charge in [-0.2, -0.15) is 0 Å². The van der Waals surface area contributed by atoms with E-state index in [1.54, 1.807) is 17.2 Å². The van der Waals surface area contributed by atoms with Crippen LogP contribution in [0.15, 0.2) is 47.1 Å². The number of hydrogen-bond acceptors (Lipinski definition) is 4. The lowest BCUT2D eigenvalue weighted by atomic mass is 9.95. The Morgan fingerprint density at radius 3 is 2.85 bits per heavy atom. The lowest BCUT2D eigenvalue weighted by Gasteiger charge is -2.31. The van der Waals surface area contributed by atoms with E-state index in [0.717, 1.165) is 6.42 Å². The zero-order valence-electron chi connectivity index (χ0n) is 14.6. The quantitative estimate of drug-likeness (QED) is 0.876. The Hall–Kier alpha value is -2.60. The normalized spacial score (nSPS) is 22.1. The molecule has 0 bridgehead atoms. The molecule has 136 valence electrons. The molecule has 1 saturated heterocycles. The first-order valence-electron chi connectivity index (χ1n) is 9.13. The van der Waals surface area contributed by atoms with Crippen LogP contribution in [-0.4, -0.2) is 35.3 Å². The molecule has 4 rings (SSSR count). The second-order valence-corrected chi connectivity index (χ2v) is 6.89. The molecule has 0 spiro atoms. The average molecular weight is 353 g/mol. The molecule has 2 N–H and O–H groups in total. The number of rotatable bonds is 4. The Balaban J connectivity index is 1.40. The van der Waals surface area contributed by atoms with Crippen molar-refractivity contribution in [1.82, 2.24) is 15.5 Å². The minimum atomic E-state index is -0.392. The summed E-state index contributed by atoms with van der Waals surface area (Å²) in [4.78, 5) is 27.3. The van der Waals surface area contributed by atoms with Gasteiger partial charge in [0.1, 0.15) is 11.8 Å². The van der Waals surface area contributed by atoms with E-state index >= 15 is 0 Å². The van der Waals surface area contributed by atoms with Crippen LogP contribution in [-0.2, 0) is 29.1 Å². The predicted octanol–water partition coefficient (Wildman–Crippen LogP) is 1.60. The highest BCUT2D eigenvalue weighted by molar-refractivity contribution is 5.90. The van der Waals surface area contributed by atoms with Gasteiger partial charge in [-0.1, -0.05) is 24.3 Å². The van der Waals surface area contributed by atoms with Gasteiger partial charge in [0, 0.05) is 13.1 Å². The standard InChI is InChI=1S/C20H23N3O3/c24-19(22-13-16-7-4-10-26-16)18-8-3-9-23(18)20(25)17-11-14-5-1-2-6-15(14)12-21-17/h1-2,4-7,10,17-18,21H,3,8-9,11-13H2,(H,22,24)/t17-,18+/m0/s1. The summed E-state index contributed by atoms with van der Waals surface area (Å²) in [5, 5.41) is 6.21. The molecule has 0 unspecified atom stereocenters. The highest BCUT2D eigenvalue weighted by atomic mass is 16.3. The Morgan fingerprint density at radius 2 is 2.04 bits per heavy atom. The van der Waals surface area contributed by atoms with E-state index in [1.807, 2.05) is 18.2 Å². The van der Waals surface area contributed by atoms with Crippen molar-refractivity contribution in [3.8, 4) is 0 Å². The number of benzene rings is 1. The molecule has 26 heavy (non-hydrogen) atoms. The van der Waals surface area contributed by atoms with Crippen LogP contribution >= 0.6 is 0 Å². The highest BCUT2D eigenvalue weighted by Gasteiger charge is 2.37. The summed E-state index contributed by atoms with van der Waals surface area (Å²) < 4.78 is 5.24. The van der Waals surface area contributed by atoms with Crippen LogP contribution in [0.1, 0.15) is 29.7 Å². The third-order valence-corrected chi connectivity index (χ3v) is 5.23. The first kappa shape index (κ1) is 16.8. The van der Waals surface area contributed by atoms with Gasteiger partial charge in [0.15, 0.2) is 0 Å². The fraction of sp³-hybridized carbons (Fsp3) is 0.400. The van der Waals surface area contributed by atoms with E-state index in [9.17, 15) is 9.59 Å². The van der Waals surface area contributed by atoms with E-state index < -0.39 is 6.04 Å². The fourth-order valence-corrected chi connectivity index (χ4v) is 3.84. The van der Waals surface area contributed by atoms with E-state index in [0.29, 0.717) is 38.2 Å². The molecule has 1 aromatic heterocycles. The number of furan rings is 1. The van der Waals surface area contributed by atoms with Gasteiger partial charge in [0.2, 0.25) is 11.8 Å². The number of fused-ring (bicyclic) bond motifs is 1. The summed E-state index contributed by atoms with van der Waals surface area (Å²) in [6.07, 6.45) is 3.82. The number of hydrogen-bond donors (Lipinski definition) is 2. The molecular formula is C20H23N3O3. The maximum atomic E-state index is 13.0. The SMILES string of the molecule is O=C(NCc1ccco1)[C@H]1CCCN1C(=O)[C@@H]1Cc2ccccc2CN1. The van der Waals surface area contributed by atoms with Crippen molar-refractivity contribution < 1.29 is 14.0 Å². The molecule has 0 aliphatic carbocycles. The monoisotopic (exact) mass is 353 g/mol. The van der Waals surface area contributed by atoms with Crippen molar-refractivity contribution in [3.63, 3.8) is 0 Å². The summed E-state index contributed by atoms with van der Waals surface area (Å²) in [5.74, 6) is 0.624. The van der Waals surface area contributed by atoms with Crippen molar-refractivity contribution in [2.24, 2.45) is 0 Å². The molecule has 3 heterocycles. The Bertz CT molecular complexity index is 787. The van der Waals surface area contributed by atoms with E-state index in [1.165, 1.54) is 11.1 Å². The summed E-state index contributed by atoms with van der Waals surface area (Å²) in [6.45, 7) is 1.67. The average Bonchev–Trinajstić information content (AvgIpc) is 3.37. The largest absolute Gasteiger partial charge is 0.467 e. The lowest BCUT2D eigenvalue weighted by Crippen LogP contribution is -2.54. The number of nitrogens with zero attached hydrogens (tertiary/aromatic N) is 1. The van der Waals surface area contributed by atoms with Crippen molar-refractivity contribution in [3.05, 3.63) is 59.5 Å². The molecule has 2 aliphatic heterocycles. The van der Waals surface area contributed by atoms with E-state index in [4.69, 9.17) is 4.42 Å². The maximum Gasteiger partial charge on any atom is 0.243 e. The molecule has 6 heteroatoms. The molecule has 2 aliphatic rings. The predicted molar refractivity (Wildman–Crippen MR) is 96.1 cm³/mol. The molecule has 2 amide bonds. The van der Waals surface area contributed by atoms with Crippen molar-refractivity contribution in [1.29, 1.82) is 0 Å². The van der Waals surface area contributed by atoms with Crippen LogP contribution in [0.4, 0.5) is 0 Å². The van der Waals surface area contributed by atoms with Gasteiger partial charge in [0.05, 0.1) is 18.8 Å². The van der Waals surface area contributed by atoms with Gasteiger partial charge in [-0.05, 0) is 42.5 Å². The van der Waals surface area contributed by atoms with Crippen LogP contribution in [0.3, 0.4) is 0 Å². The second-order valence-electron chi connectivity index (χ2n) is 6.89. The first-order valence-corrected chi connectivity index (χ1v) is 9.13. The molecule has 6 nitrogen and oxygen atoms in total. The smallest absolute Gasteiger partial charge is 0.243 e. The summed E-state index contributed by atoms with van der Waals surface area (Å²) in [5.41, 5.74) is 2.45. The van der Waals surface area contributed by atoms with Gasteiger partial charge >= 0.3 is 0 Å². The maximum absolute atomic E-state index is 13.0. The van der Waals surface area contributed by atoms with Crippen molar-refractivity contribution in [2.45, 2.75) is 44.4 Å². The zero-order valence-corrected chi connectivity index (χ0v) is 14.6. The topological polar surface area (TPSA) is 74.6 Å². The molecule has 0 radical (unpaired) electrons. The molecular weight excluding hydrogens is 330 g/mol. The third kappa shape index (κ3) is 3.37. The number of amides is 2. The first-order chi connectivity index (χ1) is 12.7. The second kappa shape index (κ2) is 7.33. The Morgan fingerprint density at radius 1 is 1.19 bits per heavy atom. The van der Waals surface area contributed by atoms with Gasteiger partial charge in [-0.3, -0.25) is 9.59 Å². The molecule has 2 aromatic rings. The highest BCUT2D eigenvalue weighted by Crippen LogP contribution is 2.22. The molecule has 2 atom stereocenters. The molecule has 0 saturated carbocycles. The van der Waals surface area contributed by atoms with Crippen LogP contribution in [0, 0.1) is 0 Å². The summed E-state index contributed by atoms with van der Waals surface area (Å²) >= 11 is 0. The summed E-state index contributed by atoms with van der Waals surface area (Å²) in [6, 6.07) is 11.1. The van der Waals surface area contributed by atoms with Crippen LogP contribution in [0.25, 0.3) is 0 Å². The Kier molecular flexibility index (Phi) is 4.75. The van der Waals surface area contributed by atoms with E-state index in [2.05, 4.69) is 22.8 Å². The molecule has 1 fully saturated rings.